The molecule has 0 saturated carbocycles. The Morgan fingerprint density at radius 1 is 0.750 bits per heavy atom. The van der Waals surface area contributed by atoms with Gasteiger partial charge in [0.2, 0.25) is 0 Å². The third-order valence-electron chi connectivity index (χ3n) is 6.37. The van der Waals surface area contributed by atoms with Crippen LogP contribution in [0.25, 0.3) is 22.0 Å². The fourth-order valence-corrected chi connectivity index (χ4v) is 4.45. The molecule has 1 aliphatic heterocycles. The molecule has 32 heavy (non-hydrogen) atoms. The van der Waals surface area contributed by atoms with E-state index in [1.54, 1.807) is 4.68 Å². The van der Waals surface area contributed by atoms with Gasteiger partial charge in [-0.2, -0.15) is 5.10 Å². The number of fused-ring (bicyclic) bond motifs is 1. The SMILES string of the molecule is Cc1ccccc1CN1CCN(Cn2nc(-c3ccccc3)c3ccccc3c2=O)CC1. The first-order chi connectivity index (χ1) is 15.7. The molecule has 0 N–H and O–H groups in total. The first kappa shape index (κ1) is 20.6. The molecule has 5 nitrogen and oxygen atoms in total. The van der Waals surface area contributed by atoms with Crippen LogP contribution in [0.2, 0.25) is 0 Å². The Morgan fingerprint density at radius 2 is 1.38 bits per heavy atom. The summed E-state index contributed by atoms with van der Waals surface area (Å²) < 4.78 is 1.64. The number of aryl methyl sites for hydroxylation is 1. The molecule has 0 bridgehead atoms. The highest BCUT2D eigenvalue weighted by atomic mass is 16.1. The largest absolute Gasteiger partial charge is 0.297 e. The first-order valence-electron chi connectivity index (χ1n) is 11.2. The lowest BCUT2D eigenvalue weighted by Crippen LogP contribution is -2.47. The molecule has 2 heterocycles. The van der Waals surface area contributed by atoms with Crippen LogP contribution >= 0.6 is 0 Å². The van der Waals surface area contributed by atoms with Crippen molar-refractivity contribution in [1.29, 1.82) is 0 Å². The van der Waals surface area contributed by atoms with Crippen LogP contribution in [0.5, 0.6) is 0 Å². The Kier molecular flexibility index (Phi) is 5.84. The summed E-state index contributed by atoms with van der Waals surface area (Å²) in [7, 11) is 0. The van der Waals surface area contributed by atoms with Crippen molar-refractivity contribution in [2.75, 3.05) is 26.2 Å². The van der Waals surface area contributed by atoms with Crippen molar-refractivity contribution in [2.24, 2.45) is 0 Å². The van der Waals surface area contributed by atoms with Crippen molar-refractivity contribution in [1.82, 2.24) is 19.6 Å². The number of piperazine rings is 1. The predicted molar refractivity (Wildman–Crippen MR) is 129 cm³/mol. The van der Waals surface area contributed by atoms with Gasteiger partial charge in [-0.3, -0.25) is 14.6 Å². The third kappa shape index (κ3) is 4.22. The summed E-state index contributed by atoms with van der Waals surface area (Å²) in [6.07, 6.45) is 0. The number of aromatic nitrogens is 2. The summed E-state index contributed by atoms with van der Waals surface area (Å²) in [4.78, 5) is 18.0. The van der Waals surface area contributed by atoms with Crippen molar-refractivity contribution >= 4 is 10.8 Å². The van der Waals surface area contributed by atoms with Crippen LogP contribution in [0, 0.1) is 6.92 Å². The van der Waals surface area contributed by atoms with E-state index in [1.807, 2.05) is 54.6 Å². The van der Waals surface area contributed by atoms with Gasteiger partial charge in [0.25, 0.3) is 5.56 Å². The van der Waals surface area contributed by atoms with Gasteiger partial charge in [0.1, 0.15) is 0 Å². The summed E-state index contributed by atoms with van der Waals surface area (Å²) in [6.45, 7) is 7.49. The zero-order valence-electron chi connectivity index (χ0n) is 18.4. The zero-order valence-corrected chi connectivity index (χ0v) is 18.4. The first-order valence-corrected chi connectivity index (χ1v) is 11.2. The van der Waals surface area contributed by atoms with Gasteiger partial charge >= 0.3 is 0 Å². The van der Waals surface area contributed by atoms with E-state index in [9.17, 15) is 4.79 Å². The number of hydrogen-bond donors (Lipinski definition) is 0. The lowest BCUT2D eigenvalue weighted by molar-refractivity contribution is 0.0972. The van der Waals surface area contributed by atoms with Crippen LogP contribution in [0.1, 0.15) is 11.1 Å². The van der Waals surface area contributed by atoms with Gasteiger partial charge in [-0.1, -0.05) is 72.8 Å². The summed E-state index contributed by atoms with van der Waals surface area (Å²) in [5, 5.41) is 6.44. The van der Waals surface area contributed by atoms with Gasteiger partial charge in [-0.15, -0.1) is 0 Å². The molecule has 3 aromatic carbocycles. The molecule has 0 radical (unpaired) electrons. The van der Waals surface area contributed by atoms with E-state index < -0.39 is 0 Å². The maximum absolute atomic E-state index is 13.2. The van der Waals surface area contributed by atoms with Gasteiger partial charge in [0, 0.05) is 43.7 Å². The second-order valence-electron chi connectivity index (χ2n) is 8.53. The Morgan fingerprint density at radius 3 is 2.12 bits per heavy atom. The van der Waals surface area contributed by atoms with Crippen LogP contribution in [0.4, 0.5) is 0 Å². The quantitative estimate of drug-likeness (QED) is 0.483. The van der Waals surface area contributed by atoms with Crippen LogP contribution in [0.15, 0.2) is 83.7 Å². The van der Waals surface area contributed by atoms with E-state index >= 15 is 0 Å². The number of hydrogen-bond acceptors (Lipinski definition) is 4. The minimum Gasteiger partial charge on any atom is -0.297 e. The van der Waals surface area contributed by atoms with Crippen molar-refractivity contribution in [2.45, 2.75) is 20.1 Å². The maximum atomic E-state index is 13.2. The Labute approximate surface area is 188 Å². The normalized spacial score (nSPS) is 15.3. The highest BCUT2D eigenvalue weighted by molar-refractivity contribution is 5.93. The lowest BCUT2D eigenvalue weighted by atomic mass is 10.1. The standard InChI is InChI=1S/C27H28N4O/c1-21-9-5-6-12-23(21)19-29-15-17-30(18-16-29)20-31-27(32)25-14-8-7-13-24(25)26(28-31)22-10-3-2-4-11-22/h2-14H,15-20H2,1H3. The van der Waals surface area contributed by atoms with E-state index in [-0.39, 0.29) is 5.56 Å². The molecule has 1 saturated heterocycles. The number of rotatable bonds is 5. The second-order valence-corrected chi connectivity index (χ2v) is 8.53. The molecule has 0 aliphatic carbocycles. The highest BCUT2D eigenvalue weighted by Crippen LogP contribution is 2.24. The van der Waals surface area contributed by atoms with Crippen LogP contribution in [0.3, 0.4) is 0 Å². The molecule has 0 unspecified atom stereocenters. The molecule has 5 heteroatoms. The average Bonchev–Trinajstić information content (AvgIpc) is 2.84. The number of benzene rings is 3. The second kappa shape index (κ2) is 9.07. The third-order valence-corrected chi connectivity index (χ3v) is 6.37. The van der Waals surface area contributed by atoms with Crippen molar-refractivity contribution < 1.29 is 0 Å². The predicted octanol–water partition coefficient (Wildman–Crippen LogP) is 4.15. The zero-order chi connectivity index (χ0) is 21.9. The van der Waals surface area contributed by atoms with Gasteiger partial charge in [-0.25, -0.2) is 4.68 Å². The minimum atomic E-state index is -0.0254. The fourth-order valence-electron chi connectivity index (χ4n) is 4.45. The van der Waals surface area contributed by atoms with Crippen molar-refractivity contribution in [3.63, 3.8) is 0 Å². The van der Waals surface area contributed by atoms with Gasteiger partial charge < -0.3 is 0 Å². The Bertz CT molecular complexity index is 1270. The fraction of sp³-hybridized carbons (Fsp3) is 0.259. The Balaban J connectivity index is 1.35. The van der Waals surface area contributed by atoms with Crippen LogP contribution in [-0.4, -0.2) is 45.8 Å². The van der Waals surface area contributed by atoms with E-state index in [0.29, 0.717) is 6.67 Å². The molecule has 0 amide bonds. The summed E-state index contributed by atoms with van der Waals surface area (Å²) in [5.41, 5.74) is 4.60. The molecule has 0 atom stereocenters. The smallest absolute Gasteiger partial charge is 0.275 e. The van der Waals surface area contributed by atoms with E-state index in [4.69, 9.17) is 5.10 Å². The van der Waals surface area contributed by atoms with E-state index in [2.05, 4.69) is 41.0 Å². The molecular weight excluding hydrogens is 396 g/mol. The molecular formula is C27H28N4O. The lowest BCUT2D eigenvalue weighted by Gasteiger charge is -2.34. The monoisotopic (exact) mass is 424 g/mol. The van der Waals surface area contributed by atoms with Gasteiger partial charge in [0.05, 0.1) is 17.7 Å². The summed E-state index contributed by atoms with van der Waals surface area (Å²) in [5.74, 6) is 0. The average molecular weight is 425 g/mol. The Hall–Kier alpha value is -3.28. The minimum absolute atomic E-state index is 0.0254. The van der Waals surface area contributed by atoms with E-state index in [0.717, 1.165) is 54.8 Å². The van der Waals surface area contributed by atoms with E-state index in [1.165, 1.54) is 11.1 Å². The molecule has 5 rings (SSSR count). The van der Waals surface area contributed by atoms with Crippen molar-refractivity contribution in [3.05, 3.63) is 100 Å². The molecule has 162 valence electrons. The molecule has 1 aromatic heterocycles. The maximum Gasteiger partial charge on any atom is 0.275 e. The van der Waals surface area contributed by atoms with Crippen molar-refractivity contribution in [3.8, 4) is 11.3 Å². The highest BCUT2D eigenvalue weighted by Gasteiger charge is 2.19. The van der Waals surface area contributed by atoms with Gasteiger partial charge in [0.15, 0.2) is 0 Å². The van der Waals surface area contributed by atoms with Crippen LogP contribution < -0.4 is 5.56 Å². The topological polar surface area (TPSA) is 41.4 Å². The molecule has 0 spiro atoms. The van der Waals surface area contributed by atoms with Gasteiger partial charge in [-0.05, 0) is 24.1 Å². The summed E-state index contributed by atoms with van der Waals surface area (Å²) in [6, 6.07) is 26.5. The molecule has 1 aliphatic rings. The molecule has 1 fully saturated rings. The number of nitrogens with zero attached hydrogens (tertiary/aromatic N) is 4. The van der Waals surface area contributed by atoms with Crippen LogP contribution in [-0.2, 0) is 13.2 Å². The molecule has 4 aromatic rings. The summed E-state index contributed by atoms with van der Waals surface area (Å²) >= 11 is 0.